The van der Waals surface area contributed by atoms with Crippen molar-refractivity contribution in [2.45, 2.75) is 6.92 Å². The maximum Gasteiger partial charge on any atom is 0.310 e. The van der Waals surface area contributed by atoms with Gasteiger partial charge in [0.05, 0.1) is 0 Å². The molecule has 9 heavy (non-hydrogen) atoms. The van der Waals surface area contributed by atoms with Crippen molar-refractivity contribution in [2.24, 2.45) is 0 Å². The molecule has 1 heterocycles. The monoisotopic (exact) mass is 123 g/mol. The highest BCUT2D eigenvalue weighted by Gasteiger charge is 2.29. The van der Waals surface area contributed by atoms with Gasteiger partial charge in [-0.05, 0) is 11.1 Å². The average Bonchev–Trinajstić information content (AvgIpc) is 2.37. The van der Waals surface area contributed by atoms with Gasteiger partial charge in [-0.15, -0.1) is 0 Å². The van der Waals surface area contributed by atoms with Gasteiger partial charge in [0.1, 0.15) is 0 Å². The molecule has 0 saturated carbocycles. The van der Waals surface area contributed by atoms with Crippen LogP contribution in [0.15, 0.2) is 0 Å². The Morgan fingerprint density at radius 2 is 2.00 bits per heavy atom. The Kier molecular flexibility index (Phi) is 1.88. The highest BCUT2D eigenvalue weighted by Crippen LogP contribution is 1.95. The first-order valence-electron chi connectivity index (χ1n) is 2.22. The van der Waals surface area contributed by atoms with Gasteiger partial charge in [-0.2, -0.15) is 4.79 Å². The van der Waals surface area contributed by atoms with Crippen LogP contribution in [0.1, 0.15) is 6.92 Å². The van der Waals surface area contributed by atoms with Crippen LogP contribution in [-0.2, 0) is 0 Å². The minimum Gasteiger partial charge on any atom is -0.361 e. The van der Waals surface area contributed by atoms with E-state index in [2.05, 4.69) is 26.7 Å². The van der Waals surface area contributed by atoms with Crippen LogP contribution in [0.25, 0.3) is 5.53 Å². The molecule has 0 bridgehead atoms. The highest BCUT2D eigenvalue weighted by molar-refractivity contribution is 5.88. The van der Waals surface area contributed by atoms with Crippen LogP contribution < -0.4 is 21.9 Å². The lowest BCUT2D eigenvalue weighted by Crippen LogP contribution is -2.21. The maximum absolute atomic E-state index is 8.16. The van der Waals surface area contributed by atoms with E-state index >= 15 is 0 Å². The van der Waals surface area contributed by atoms with Crippen LogP contribution in [0.3, 0.4) is 0 Å². The Labute approximate surface area is 52.2 Å². The fraction of sp³-hybridized carbons (Fsp3) is 0.333. The minimum atomic E-state index is 0.248. The molecule has 0 unspecified atom stereocenters. The SMILES string of the molecule is CC(=[N+]=[N-])[C]1[N][N][N][N]1. The van der Waals surface area contributed by atoms with Gasteiger partial charge in [-0.25, -0.2) is 0 Å². The first kappa shape index (κ1) is 6.34. The number of hydrogen-bond donors (Lipinski definition) is 0. The summed E-state index contributed by atoms with van der Waals surface area (Å²) in [7, 11) is 0. The smallest absolute Gasteiger partial charge is 0.310 e. The Balaban J connectivity index is 2.51. The Morgan fingerprint density at radius 3 is 2.44 bits per heavy atom. The zero-order valence-electron chi connectivity index (χ0n) is 4.68. The van der Waals surface area contributed by atoms with E-state index in [0.29, 0.717) is 5.71 Å². The molecule has 0 spiro atoms. The topological polar surface area (TPSA) is 92.8 Å². The maximum atomic E-state index is 8.16. The fourth-order valence-electron chi connectivity index (χ4n) is 0.334. The zero-order valence-corrected chi connectivity index (χ0v) is 4.68. The summed E-state index contributed by atoms with van der Waals surface area (Å²) in [4.78, 5) is 2.84. The second-order valence-electron chi connectivity index (χ2n) is 1.39. The van der Waals surface area contributed by atoms with Gasteiger partial charge in [0.2, 0.25) is 0 Å². The molecule has 5 radical (unpaired) electrons. The lowest BCUT2D eigenvalue weighted by Gasteiger charge is -1.87. The van der Waals surface area contributed by atoms with Gasteiger partial charge < -0.3 is 5.53 Å². The number of rotatable bonds is 1. The van der Waals surface area contributed by atoms with Crippen LogP contribution >= 0.6 is 0 Å². The van der Waals surface area contributed by atoms with E-state index in [0.717, 1.165) is 0 Å². The molecule has 0 aromatic rings. The molecular weight excluding hydrogens is 120 g/mol. The Bertz CT molecular complexity index is 140. The molecule has 0 atom stereocenters. The number of nitrogens with zero attached hydrogens (tertiary/aromatic N) is 6. The van der Waals surface area contributed by atoms with Crippen molar-refractivity contribution in [2.75, 3.05) is 0 Å². The summed E-state index contributed by atoms with van der Waals surface area (Å²) >= 11 is 0. The predicted octanol–water partition coefficient (Wildman–Crippen LogP) is -1.66. The van der Waals surface area contributed by atoms with E-state index in [-0.39, 0.29) is 6.17 Å². The van der Waals surface area contributed by atoms with Gasteiger partial charge in [-0.1, -0.05) is 10.9 Å². The lowest BCUT2D eigenvalue weighted by atomic mass is 10.3. The molecule has 0 aromatic heterocycles. The minimum absolute atomic E-state index is 0.248. The normalized spacial score (nSPS) is 19.7. The van der Waals surface area contributed by atoms with Gasteiger partial charge in [0.25, 0.3) is 6.17 Å². The summed E-state index contributed by atoms with van der Waals surface area (Å²) < 4.78 is 0. The third-order valence-corrected chi connectivity index (χ3v) is 0.792. The molecule has 45 valence electrons. The highest BCUT2D eigenvalue weighted by atomic mass is 15.8. The largest absolute Gasteiger partial charge is 0.361 e. The van der Waals surface area contributed by atoms with E-state index in [9.17, 15) is 0 Å². The van der Waals surface area contributed by atoms with E-state index in [1.165, 1.54) is 0 Å². The molecular formula is C3H3N6. The molecule has 6 nitrogen and oxygen atoms in total. The summed E-state index contributed by atoms with van der Waals surface area (Å²) in [5.41, 5.74) is 21.7. The van der Waals surface area contributed by atoms with Crippen molar-refractivity contribution in [3.63, 3.8) is 0 Å². The van der Waals surface area contributed by atoms with Gasteiger partial charge in [0, 0.05) is 6.92 Å². The summed E-state index contributed by atoms with van der Waals surface area (Å²) in [5.74, 6) is 0. The second-order valence-corrected chi connectivity index (χ2v) is 1.39. The van der Waals surface area contributed by atoms with Crippen molar-refractivity contribution < 1.29 is 4.79 Å². The van der Waals surface area contributed by atoms with E-state index in [1.54, 1.807) is 6.92 Å². The van der Waals surface area contributed by atoms with Crippen LogP contribution in [0.2, 0.25) is 0 Å². The van der Waals surface area contributed by atoms with Crippen molar-refractivity contribution in [3.8, 4) is 0 Å². The first-order valence-corrected chi connectivity index (χ1v) is 2.22. The second kappa shape index (κ2) is 2.67. The Hall–Kier alpha value is -0.780. The summed E-state index contributed by atoms with van der Waals surface area (Å²) in [6.45, 7) is 1.55. The van der Waals surface area contributed by atoms with Crippen molar-refractivity contribution >= 4 is 5.71 Å². The average molecular weight is 123 g/mol. The predicted molar refractivity (Wildman–Crippen MR) is 26.1 cm³/mol. The third kappa shape index (κ3) is 1.32. The molecule has 1 fully saturated rings. The van der Waals surface area contributed by atoms with Crippen molar-refractivity contribution in [1.82, 2.24) is 21.9 Å². The molecule has 0 N–H and O–H groups in total. The zero-order chi connectivity index (χ0) is 6.69. The molecule has 0 aliphatic carbocycles. The van der Waals surface area contributed by atoms with Gasteiger partial charge >= 0.3 is 5.71 Å². The van der Waals surface area contributed by atoms with Crippen molar-refractivity contribution in [3.05, 3.63) is 11.7 Å². The van der Waals surface area contributed by atoms with Crippen LogP contribution in [-0.4, -0.2) is 10.5 Å². The molecule has 6 heteroatoms. The van der Waals surface area contributed by atoms with E-state index < -0.39 is 0 Å². The molecule has 1 aliphatic heterocycles. The summed E-state index contributed by atoms with van der Waals surface area (Å²) in [5, 5.41) is 0. The van der Waals surface area contributed by atoms with Crippen LogP contribution in [0, 0.1) is 6.17 Å². The number of hydrogen-bond acceptors (Lipinski definition) is 0. The molecule has 0 aromatic carbocycles. The summed E-state index contributed by atoms with van der Waals surface area (Å²) in [6, 6.07) is 0. The third-order valence-electron chi connectivity index (χ3n) is 0.792. The van der Waals surface area contributed by atoms with Crippen LogP contribution in [0.5, 0.6) is 0 Å². The van der Waals surface area contributed by atoms with Crippen molar-refractivity contribution in [1.29, 1.82) is 0 Å². The molecule has 1 saturated heterocycles. The van der Waals surface area contributed by atoms with Gasteiger partial charge in [-0.3, -0.25) is 0 Å². The van der Waals surface area contributed by atoms with Gasteiger partial charge in [0.15, 0.2) is 0 Å². The summed E-state index contributed by atoms with van der Waals surface area (Å²) in [6.07, 6.45) is 0.248. The fourth-order valence-corrected chi connectivity index (χ4v) is 0.334. The van der Waals surface area contributed by atoms with E-state index in [4.69, 9.17) is 5.53 Å². The molecule has 1 rings (SSSR count). The first-order chi connectivity index (χ1) is 4.34. The van der Waals surface area contributed by atoms with E-state index in [1.807, 2.05) is 0 Å². The Morgan fingerprint density at radius 1 is 1.44 bits per heavy atom. The quantitative estimate of drug-likeness (QED) is 0.227. The van der Waals surface area contributed by atoms with Crippen LogP contribution in [0.4, 0.5) is 0 Å². The standard InChI is InChI=1S/C3H3N6/c1-2(5-4)3-6-8-9-7-3/h1H3. The molecule has 0 amide bonds. The lowest BCUT2D eigenvalue weighted by molar-refractivity contribution is -0.00825. The molecule has 1 aliphatic rings.